The van der Waals surface area contributed by atoms with E-state index in [-0.39, 0.29) is 0 Å². The molecule has 1 heteroatoms. The lowest BCUT2D eigenvalue weighted by Gasteiger charge is -2.26. The molecule has 0 aromatic heterocycles. The van der Waals surface area contributed by atoms with Gasteiger partial charge in [-0.25, -0.2) is 0 Å². The van der Waals surface area contributed by atoms with Gasteiger partial charge < -0.3 is 4.90 Å². The van der Waals surface area contributed by atoms with Gasteiger partial charge in [0, 0.05) is 12.6 Å². The Bertz CT molecular complexity index is 122. The lowest BCUT2D eigenvalue weighted by atomic mass is 10.0. The van der Waals surface area contributed by atoms with Gasteiger partial charge in [-0.1, -0.05) is 6.92 Å². The first-order valence-corrected chi connectivity index (χ1v) is 3.97. The highest BCUT2D eigenvalue weighted by Crippen LogP contribution is 2.43. The number of likely N-dealkylation sites (tertiary alicyclic amines) is 1. The normalized spacial score (nSPS) is 50.7. The van der Waals surface area contributed by atoms with Crippen molar-refractivity contribution in [3.8, 4) is 0 Å². The quantitative estimate of drug-likeness (QED) is 0.472. The molecular weight excluding hydrogens is 110 g/mol. The molecule has 0 N–H and O–H groups in total. The van der Waals surface area contributed by atoms with Crippen LogP contribution in [-0.2, 0) is 0 Å². The van der Waals surface area contributed by atoms with E-state index in [1.165, 1.54) is 19.4 Å². The van der Waals surface area contributed by atoms with Crippen LogP contribution in [0.25, 0.3) is 0 Å². The summed E-state index contributed by atoms with van der Waals surface area (Å²) < 4.78 is 0. The van der Waals surface area contributed by atoms with Crippen molar-refractivity contribution < 1.29 is 0 Å². The highest BCUT2D eigenvalue weighted by Gasteiger charge is 2.44. The third-order valence-corrected chi connectivity index (χ3v) is 2.76. The van der Waals surface area contributed by atoms with Crippen LogP contribution in [0.3, 0.4) is 0 Å². The van der Waals surface area contributed by atoms with Crippen molar-refractivity contribution in [2.75, 3.05) is 13.6 Å². The van der Waals surface area contributed by atoms with Crippen LogP contribution in [0.5, 0.6) is 0 Å². The fourth-order valence-electron chi connectivity index (χ4n) is 2.24. The minimum atomic E-state index is 0.957. The molecule has 1 nitrogen and oxygen atoms in total. The van der Waals surface area contributed by atoms with Crippen LogP contribution in [0.4, 0.5) is 0 Å². The molecule has 0 amide bonds. The average molecular weight is 125 g/mol. The first-order valence-electron chi connectivity index (χ1n) is 3.97. The van der Waals surface area contributed by atoms with E-state index in [4.69, 9.17) is 0 Å². The Morgan fingerprint density at radius 2 is 2.11 bits per heavy atom. The number of nitrogens with zero attached hydrogens (tertiary/aromatic N) is 1. The predicted octanol–water partition coefficient (Wildman–Crippen LogP) is 1.35. The Balaban J connectivity index is 1.99. The molecule has 1 saturated heterocycles. The molecule has 1 aliphatic heterocycles. The third kappa shape index (κ3) is 0.877. The predicted molar refractivity (Wildman–Crippen MR) is 38.3 cm³/mol. The Morgan fingerprint density at radius 1 is 1.33 bits per heavy atom. The van der Waals surface area contributed by atoms with Crippen LogP contribution in [0.2, 0.25) is 0 Å². The monoisotopic (exact) mass is 125 g/mol. The summed E-state index contributed by atoms with van der Waals surface area (Å²) in [6.07, 6.45) is 2.98. The second-order valence-electron chi connectivity index (χ2n) is 3.84. The minimum absolute atomic E-state index is 0.957. The fourth-order valence-corrected chi connectivity index (χ4v) is 2.24. The van der Waals surface area contributed by atoms with Crippen molar-refractivity contribution in [1.82, 2.24) is 4.90 Å². The van der Waals surface area contributed by atoms with Gasteiger partial charge in [-0.3, -0.25) is 0 Å². The number of fused-ring (bicyclic) bond motifs is 1. The Morgan fingerprint density at radius 3 is 2.78 bits per heavy atom. The summed E-state index contributed by atoms with van der Waals surface area (Å²) in [6, 6.07) is 0.987. The topological polar surface area (TPSA) is 3.24 Å². The highest BCUT2D eigenvalue weighted by molar-refractivity contribution is 4.98. The van der Waals surface area contributed by atoms with Gasteiger partial charge >= 0.3 is 0 Å². The summed E-state index contributed by atoms with van der Waals surface area (Å²) in [7, 11) is 2.26. The molecule has 0 aromatic rings. The summed E-state index contributed by atoms with van der Waals surface area (Å²) in [5.41, 5.74) is 0. The largest absolute Gasteiger partial charge is 0.303 e. The van der Waals surface area contributed by atoms with Crippen LogP contribution in [0.15, 0.2) is 0 Å². The van der Waals surface area contributed by atoms with Crippen molar-refractivity contribution in [2.45, 2.75) is 25.8 Å². The molecular formula is C8H15N. The maximum atomic E-state index is 2.53. The smallest absolute Gasteiger partial charge is 0.0124 e. The minimum Gasteiger partial charge on any atom is -0.303 e. The van der Waals surface area contributed by atoms with E-state index in [2.05, 4.69) is 18.9 Å². The number of piperidine rings is 1. The van der Waals surface area contributed by atoms with E-state index in [1.54, 1.807) is 0 Å². The van der Waals surface area contributed by atoms with Gasteiger partial charge in [0.1, 0.15) is 0 Å². The van der Waals surface area contributed by atoms with Crippen LogP contribution in [-0.4, -0.2) is 24.5 Å². The number of hydrogen-bond donors (Lipinski definition) is 0. The van der Waals surface area contributed by atoms with Gasteiger partial charge in [0.2, 0.25) is 0 Å². The summed E-state index contributed by atoms with van der Waals surface area (Å²) in [5, 5.41) is 0. The molecule has 3 unspecified atom stereocenters. The molecule has 2 rings (SSSR count). The van der Waals surface area contributed by atoms with Crippen molar-refractivity contribution in [1.29, 1.82) is 0 Å². The molecule has 1 heterocycles. The van der Waals surface area contributed by atoms with E-state index in [0.29, 0.717) is 0 Å². The zero-order valence-corrected chi connectivity index (χ0v) is 6.30. The molecule has 52 valence electrons. The van der Waals surface area contributed by atoms with Crippen molar-refractivity contribution in [2.24, 2.45) is 11.8 Å². The molecule has 0 spiro atoms. The van der Waals surface area contributed by atoms with Gasteiger partial charge in [-0.2, -0.15) is 0 Å². The first kappa shape index (κ1) is 5.72. The molecule has 0 radical (unpaired) electrons. The van der Waals surface area contributed by atoms with Gasteiger partial charge in [0.05, 0.1) is 0 Å². The third-order valence-electron chi connectivity index (χ3n) is 2.76. The Labute approximate surface area is 57.0 Å². The lowest BCUT2D eigenvalue weighted by molar-refractivity contribution is 0.211. The van der Waals surface area contributed by atoms with E-state index in [1.807, 2.05) is 0 Å². The average Bonchev–Trinajstić information content (AvgIpc) is 2.43. The van der Waals surface area contributed by atoms with Crippen molar-refractivity contribution >= 4 is 0 Å². The maximum absolute atomic E-state index is 2.53. The van der Waals surface area contributed by atoms with Crippen LogP contribution in [0, 0.1) is 11.8 Å². The molecule has 3 atom stereocenters. The highest BCUT2D eigenvalue weighted by atomic mass is 15.2. The van der Waals surface area contributed by atoms with Crippen LogP contribution >= 0.6 is 0 Å². The van der Waals surface area contributed by atoms with Crippen LogP contribution < -0.4 is 0 Å². The zero-order chi connectivity index (χ0) is 6.43. The lowest BCUT2D eigenvalue weighted by Crippen LogP contribution is -2.32. The second kappa shape index (κ2) is 1.72. The van der Waals surface area contributed by atoms with Gasteiger partial charge in [0.25, 0.3) is 0 Å². The van der Waals surface area contributed by atoms with E-state index in [0.717, 1.165) is 17.9 Å². The van der Waals surface area contributed by atoms with E-state index >= 15 is 0 Å². The fraction of sp³-hybridized carbons (Fsp3) is 1.00. The van der Waals surface area contributed by atoms with Crippen molar-refractivity contribution in [3.63, 3.8) is 0 Å². The Hall–Kier alpha value is -0.0400. The van der Waals surface area contributed by atoms with Gasteiger partial charge in [0.15, 0.2) is 0 Å². The molecule has 9 heavy (non-hydrogen) atoms. The summed E-state index contributed by atoms with van der Waals surface area (Å²) in [5.74, 6) is 2.04. The SMILES string of the molecule is CC1CC2CC2N(C)C1. The first-order chi connectivity index (χ1) is 4.27. The molecule has 0 aromatic carbocycles. The standard InChI is InChI=1S/C8H15N/c1-6-3-7-4-8(7)9(2)5-6/h6-8H,3-5H2,1-2H3. The van der Waals surface area contributed by atoms with Crippen LogP contribution in [0.1, 0.15) is 19.8 Å². The number of rotatable bonds is 0. The summed E-state index contributed by atoms with van der Waals surface area (Å²) in [6.45, 7) is 3.70. The molecule has 1 saturated carbocycles. The summed E-state index contributed by atoms with van der Waals surface area (Å²) in [4.78, 5) is 2.53. The second-order valence-corrected chi connectivity index (χ2v) is 3.84. The maximum Gasteiger partial charge on any atom is 0.0124 e. The van der Waals surface area contributed by atoms with Crippen molar-refractivity contribution in [3.05, 3.63) is 0 Å². The summed E-state index contributed by atoms with van der Waals surface area (Å²) >= 11 is 0. The van der Waals surface area contributed by atoms with Gasteiger partial charge in [-0.15, -0.1) is 0 Å². The number of hydrogen-bond acceptors (Lipinski definition) is 1. The molecule has 2 aliphatic rings. The molecule has 2 fully saturated rings. The van der Waals surface area contributed by atoms with E-state index < -0.39 is 0 Å². The molecule has 0 bridgehead atoms. The molecule has 1 aliphatic carbocycles. The zero-order valence-electron chi connectivity index (χ0n) is 6.30. The Kier molecular flexibility index (Phi) is 1.10. The van der Waals surface area contributed by atoms with E-state index in [9.17, 15) is 0 Å². The van der Waals surface area contributed by atoms with Gasteiger partial charge in [-0.05, 0) is 31.7 Å².